The van der Waals surface area contributed by atoms with E-state index in [4.69, 9.17) is 9.11 Å². The summed E-state index contributed by atoms with van der Waals surface area (Å²) in [6, 6.07) is 0. The second-order valence-electron chi connectivity index (χ2n) is 2.73. The highest BCUT2D eigenvalue weighted by molar-refractivity contribution is 7.94. The molecule has 0 aliphatic carbocycles. The molecule has 17 heavy (non-hydrogen) atoms. The Labute approximate surface area is 99.0 Å². The van der Waals surface area contributed by atoms with Crippen molar-refractivity contribution in [2.24, 2.45) is 7.05 Å². The van der Waals surface area contributed by atoms with Crippen LogP contribution in [0.15, 0.2) is 12.4 Å². The molecule has 1 rings (SSSR count). The molecular weight excluding hydrogens is 276 g/mol. The molecule has 100 valence electrons. The van der Waals surface area contributed by atoms with Gasteiger partial charge >= 0.3 is 20.8 Å². The normalized spacial score (nSPS) is 11.8. The van der Waals surface area contributed by atoms with E-state index in [1.165, 1.54) is 0 Å². The average Bonchev–Trinajstić information content (AvgIpc) is 2.44. The predicted molar refractivity (Wildman–Crippen MR) is 56.8 cm³/mol. The predicted octanol–water partition coefficient (Wildman–Crippen LogP) is -0.409. The van der Waals surface area contributed by atoms with Gasteiger partial charge in [0.2, 0.25) is 0 Å². The quantitative estimate of drug-likeness (QED) is 0.716. The van der Waals surface area contributed by atoms with Crippen LogP contribution in [0.1, 0.15) is 12.7 Å². The van der Waals surface area contributed by atoms with Gasteiger partial charge in [-0.25, -0.2) is 4.98 Å². The number of hydrogen-bond donors (Lipinski definition) is 2. The molecule has 0 unspecified atom stereocenters. The lowest BCUT2D eigenvalue weighted by Crippen LogP contribution is -2.10. The van der Waals surface area contributed by atoms with Crippen molar-refractivity contribution in [3.8, 4) is 0 Å². The SMILES string of the molecule is CCc1nccn1C.O=S(=O)(O)OS(=O)(=O)O. The summed E-state index contributed by atoms with van der Waals surface area (Å²) < 4.78 is 57.6. The fraction of sp³-hybridized carbons (Fsp3) is 0.500. The molecule has 0 bridgehead atoms. The molecule has 0 aromatic carbocycles. The third kappa shape index (κ3) is 8.76. The lowest BCUT2D eigenvalue weighted by Gasteiger charge is -1.92. The monoisotopic (exact) mass is 288 g/mol. The fourth-order valence-corrected chi connectivity index (χ4v) is 1.72. The molecule has 2 N–H and O–H groups in total. The minimum atomic E-state index is -5.12. The van der Waals surface area contributed by atoms with Crippen LogP contribution in [0.4, 0.5) is 0 Å². The molecular formula is C6H12N2O7S2. The summed E-state index contributed by atoms with van der Waals surface area (Å²) in [4.78, 5) is 4.10. The summed E-state index contributed by atoms with van der Waals surface area (Å²) >= 11 is 0. The zero-order chi connectivity index (χ0) is 13.7. The second-order valence-corrected chi connectivity index (χ2v) is 4.99. The Morgan fingerprint density at radius 1 is 1.29 bits per heavy atom. The molecule has 0 fully saturated rings. The van der Waals surface area contributed by atoms with E-state index in [-0.39, 0.29) is 0 Å². The van der Waals surface area contributed by atoms with E-state index in [0.29, 0.717) is 0 Å². The minimum absolute atomic E-state index is 1.02. The molecule has 0 saturated carbocycles. The van der Waals surface area contributed by atoms with Crippen molar-refractivity contribution in [2.45, 2.75) is 13.3 Å². The van der Waals surface area contributed by atoms with Crippen LogP contribution < -0.4 is 0 Å². The lowest BCUT2D eigenvalue weighted by atomic mass is 10.5. The molecule has 11 heteroatoms. The lowest BCUT2D eigenvalue weighted by molar-refractivity contribution is 0.344. The standard InChI is InChI=1S/C6H10N2.H2O7S2/c1-3-6-7-4-5-8(6)2;1-8(2,3)7-9(4,5)6/h4-5H,3H2,1-2H3;(H,1,2,3)(H,4,5,6). The Morgan fingerprint density at radius 3 is 1.88 bits per heavy atom. The van der Waals surface area contributed by atoms with E-state index < -0.39 is 20.8 Å². The summed E-state index contributed by atoms with van der Waals surface area (Å²) in [7, 11) is -8.23. The second kappa shape index (κ2) is 6.07. The molecule has 0 radical (unpaired) electrons. The van der Waals surface area contributed by atoms with Crippen molar-refractivity contribution in [1.29, 1.82) is 0 Å². The van der Waals surface area contributed by atoms with E-state index in [9.17, 15) is 16.8 Å². The average molecular weight is 288 g/mol. The number of aryl methyl sites for hydroxylation is 2. The van der Waals surface area contributed by atoms with Crippen LogP contribution in [0.25, 0.3) is 0 Å². The van der Waals surface area contributed by atoms with E-state index in [1.54, 1.807) is 0 Å². The first-order valence-electron chi connectivity index (χ1n) is 4.17. The highest BCUT2D eigenvalue weighted by Crippen LogP contribution is 1.92. The van der Waals surface area contributed by atoms with Gasteiger partial charge in [0.15, 0.2) is 0 Å². The molecule has 1 heterocycles. The van der Waals surface area contributed by atoms with E-state index in [2.05, 4.69) is 15.5 Å². The molecule has 0 aliphatic heterocycles. The summed E-state index contributed by atoms with van der Waals surface area (Å²) in [6.07, 6.45) is 4.79. The largest absolute Gasteiger partial charge is 0.413 e. The fourth-order valence-electron chi connectivity index (χ4n) is 0.846. The van der Waals surface area contributed by atoms with Gasteiger partial charge < -0.3 is 4.57 Å². The molecule has 0 amide bonds. The van der Waals surface area contributed by atoms with Gasteiger partial charge in [-0.1, -0.05) is 6.92 Å². The van der Waals surface area contributed by atoms with Crippen LogP contribution in [0.5, 0.6) is 0 Å². The molecule has 1 aromatic rings. The third-order valence-corrected chi connectivity index (χ3v) is 2.78. The van der Waals surface area contributed by atoms with Gasteiger partial charge in [0, 0.05) is 25.9 Å². The Kier molecular flexibility index (Phi) is 5.71. The van der Waals surface area contributed by atoms with Crippen molar-refractivity contribution >= 4 is 20.8 Å². The van der Waals surface area contributed by atoms with Crippen molar-refractivity contribution in [3.63, 3.8) is 0 Å². The first-order valence-corrected chi connectivity index (χ1v) is 6.90. The zero-order valence-electron chi connectivity index (χ0n) is 9.01. The molecule has 1 aromatic heterocycles. The van der Waals surface area contributed by atoms with Gasteiger partial charge in [-0.2, -0.15) is 16.8 Å². The minimum Gasteiger partial charge on any atom is -0.338 e. The molecule has 0 spiro atoms. The third-order valence-electron chi connectivity index (χ3n) is 1.41. The highest BCUT2D eigenvalue weighted by atomic mass is 32.3. The van der Waals surface area contributed by atoms with Gasteiger partial charge in [0.25, 0.3) is 0 Å². The summed E-state index contributed by atoms with van der Waals surface area (Å²) in [5.41, 5.74) is 0. The zero-order valence-corrected chi connectivity index (χ0v) is 10.6. The van der Waals surface area contributed by atoms with E-state index in [0.717, 1.165) is 12.2 Å². The summed E-state index contributed by atoms with van der Waals surface area (Å²) in [5, 5.41) is 0. The first-order chi connectivity index (χ1) is 7.55. The van der Waals surface area contributed by atoms with Gasteiger partial charge in [-0.3, -0.25) is 9.11 Å². The summed E-state index contributed by atoms with van der Waals surface area (Å²) in [5.74, 6) is 1.14. The first kappa shape index (κ1) is 16.0. The Hall–Kier alpha value is -1.01. The Bertz CT molecular complexity index is 515. The Balaban J connectivity index is 0.000000302. The highest BCUT2D eigenvalue weighted by Gasteiger charge is 2.15. The summed E-state index contributed by atoms with van der Waals surface area (Å²) in [6.45, 7) is 2.10. The van der Waals surface area contributed by atoms with Crippen LogP contribution in [0, 0.1) is 0 Å². The number of imidazole rings is 1. The van der Waals surface area contributed by atoms with E-state index in [1.807, 2.05) is 24.0 Å². The van der Waals surface area contributed by atoms with Crippen LogP contribution in [-0.2, 0) is 37.9 Å². The van der Waals surface area contributed by atoms with Crippen LogP contribution in [-0.4, -0.2) is 35.5 Å². The van der Waals surface area contributed by atoms with Crippen molar-refractivity contribution in [2.75, 3.05) is 0 Å². The van der Waals surface area contributed by atoms with Crippen LogP contribution in [0.3, 0.4) is 0 Å². The number of hydrogen-bond acceptors (Lipinski definition) is 6. The van der Waals surface area contributed by atoms with Crippen LogP contribution >= 0.6 is 0 Å². The van der Waals surface area contributed by atoms with Gasteiger partial charge in [-0.05, 0) is 0 Å². The molecule has 0 saturated heterocycles. The maximum Gasteiger partial charge on any atom is 0.413 e. The number of nitrogens with zero attached hydrogens (tertiary/aromatic N) is 2. The van der Waals surface area contributed by atoms with Crippen LogP contribution in [0.2, 0.25) is 0 Å². The molecule has 9 nitrogen and oxygen atoms in total. The van der Waals surface area contributed by atoms with Crippen molar-refractivity contribution in [1.82, 2.24) is 9.55 Å². The number of aromatic nitrogens is 2. The maximum absolute atomic E-state index is 9.44. The molecule has 0 aliphatic rings. The Morgan fingerprint density at radius 2 is 1.76 bits per heavy atom. The molecule has 0 atom stereocenters. The smallest absolute Gasteiger partial charge is 0.338 e. The van der Waals surface area contributed by atoms with E-state index >= 15 is 0 Å². The maximum atomic E-state index is 9.44. The number of rotatable bonds is 3. The van der Waals surface area contributed by atoms with Crippen molar-refractivity contribution in [3.05, 3.63) is 18.2 Å². The van der Waals surface area contributed by atoms with Gasteiger partial charge in [0.1, 0.15) is 5.82 Å². The van der Waals surface area contributed by atoms with Gasteiger partial charge in [0.05, 0.1) is 0 Å². The van der Waals surface area contributed by atoms with Gasteiger partial charge in [-0.15, -0.1) is 3.63 Å². The van der Waals surface area contributed by atoms with Crippen molar-refractivity contribution < 1.29 is 29.6 Å². The topological polar surface area (TPSA) is 136 Å².